The van der Waals surface area contributed by atoms with Crippen molar-refractivity contribution in [2.24, 2.45) is 4.99 Å². The van der Waals surface area contributed by atoms with Gasteiger partial charge in [0.2, 0.25) is 0 Å². The van der Waals surface area contributed by atoms with E-state index in [2.05, 4.69) is 4.99 Å². The molecule has 5 heteroatoms. The molecule has 106 valence electrons. The van der Waals surface area contributed by atoms with Crippen molar-refractivity contribution in [2.75, 3.05) is 0 Å². The minimum Gasteiger partial charge on any atom is -0.507 e. The zero-order valence-electron chi connectivity index (χ0n) is 11.7. The van der Waals surface area contributed by atoms with E-state index in [1.54, 1.807) is 18.2 Å². The summed E-state index contributed by atoms with van der Waals surface area (Å²) < 4.78 is 0. The molecule has 0 unspecified atom stereocenters. The maximum Gasteiger partial charge on any atom is 0.141 e. The molecule has 22 heavy (non-hydrogen) atoms. The molecule has 3 nitrogen and oxygen atoms in total. The Morgan fingerprint density at radius 1 is 0.909 bits per heavy atom. The van der Waals surface area contributed by atoms with Crippen molar-refractivity contribution in [2.45, 2.75) is 0 Å². The van der Waals surface area contributed by atoms with Gasteiger partial charge in [-0.1, -0.05) is 41.9 Å². The fourth-order valence-electron chi connectivity index (χ4n) is 2.14. The van der Waals surface area contributed by atoms with Crippen LogP contribution in [0.5, 0.6) is 11.5 Å². The molecule has 3 aromatic carbocycles. The van der Waals surface area contributed by atoms with Gasteiger partial charge in [-0.15, -0.1) is 0 Å². The van der Waals surface area contributed by atoms with E-state index in [9.17, 15) is 10.2 Å². The number of phenols is 2. The van der Waals surface area contributed by atoms with E-state index in [1.807, 2.05) is 30.3 Å². The van der Waals surface area contributed by atoms with Gasteiger partial charge in [0.05, 0.1) is 0 Å². The summed E-state index contributed by atoms with van der Waals surface area (Å²) in [6, 6.07) is 15.9. The Morgan fingerprint density at radius 2 is 1.68 bits per heavy atom. The van der Waals surface area contributed by atoms with Crippen LogP contribution in [0, 0.1) is 0 Å². The molecule has 3 aromatic rings. The van der Waals surface area contributed by atoms with Gasteiger partial charge in [-0.25, -0.2) is 0 Å². The Kier molecular flexibility index (Phi) is 5.17. The van der Waals surface area contributed by atoms with Crippen molar-refractivity contribution in [1.29, 1.82) is 0 Å². The number of aromatic hydroxyl groups is 2. The molecule has 2 N–H and O–H groups in total. The van der Waals surface area contributed by atoms with Gasteiger partial charge < -0.3 is 10.2 Å². The first-order valence-electron chi connectivity index (χ1n) is 6.38. The fraction of sp³-hybridized carbons (Fsp3) is 0. The quantitative estimate of drug-likeness (QED) is 0.514. The molecule has 0 saturated carbocycles. The van der Waals surface area contributed by atoms with Crippen LogP contribution < -0.4 is 0 Å². The first-order chi connectivity index (χ1) is 10.1. The van der Waals surface area contributed by atoms with Crippen LogP contribution in [0.15, 0.2) is 59.6 Å². The number of rotatable bonds is 2. The van der Waals surface area contributed by atoms with Gasteiger partial charge in [0, 0.05) is 41.7 Å². The molecule has 0 aliphatic rings. The summed E-state index contributed by atoms with van der Waals surface area (Å²) in [6.07, 6.45) is 1.51. The molecule has 0 radical (unpaired) electrons. The molecular weight excluding hydrogens is 351 g/mol. The summed E-state index contributed by atoms with van der Waals surface area (Å²) >= 11 is 5.79. The Labute approximate surface area is 145 Å². The van der Waals surface area contributed by atoms with Crippen LogP contribution in [0.3, 0.4) is 0 Å². The molecule has 0 bridgehead atoms. The van der Waals surface area contributed by atoms with E-state index < -0.39 is 0 Å². The van der Waals surface area contributed by atoms with Gasteiger partial charge >= 0.3 is 0 Å². The minimum absolute atomic E-state index is 0. The van der Waals surface area contributed by atoms with E-state index in [0.29, 0.717) is 16.3 Å². The molecular formula is C17H12ClNO2Zn. The molecule has 0 heterocycles. The van der Waals surface area contributed by atoms with Crippen LogP contribution in [0.2, 0.25) is 5.02 Å². The third kappa shape index (κ3) is 3.29. The third-order valence-corrected chi connectivity index (χ3v) is 3.44. The van der Waals surface area contributed by atoms with E-state index in [0.717, 1.165) is 10.8 Å². The van der Waals surface area contributed by atoms with Gasteiger partial charge in [-0.05, 0) is 29.7 Å². The van der Waals surface area contributed by atoms with Gasteiger partial charge in [-0.3, -0.25) is 4.99 Å². The SMILES string of the molecule is Oc1cc(Cl)ccc1C=Nc1c(O)ccc2ccccc12.[Zn]. The van der Waals surface area contributed by atoms with Gasteiger partial charge in [0.15, 0.2) is 0 Å². The predicted molar refractivity (Wildman–Crippen MR) is 86.0 cm³/mol. The predicted octanol–water partition coefficient (Wildman–Crippen LogP) is 4.65. The fourth-order valence-corrected chi connectivity index (χ4v) is 2.31. The van der Waals surface area contributed by atoms with E-state index in [4.69, 9.17) is 11.6 Å². The Morgan fingerprint density at radius 3 is 2.45 bits per heavy atom. The molecule has 0 atom stereocenters. The van der Waals surface area contributed by atoms with Crippen molar-refractivity contribution in [3.63, 3.8) is 0 Å². The maximum atomic E-state index is 10.0. The molecule has 0 aliphatic heterocycles. The molecule has 0 saturated heterocycles. The van der Waals surface area contributed by atoms with Crippen molar-refractivity contribution in [3.8, 4) is 11.5 Å². The first-order valence-corrected chi connectivity index (χ1v) is 6.76. The number of hydrogen-bond acceptors (Lipinski definition) is 3. The largest absolute Gasteiger partial charge is 0.507 e. The number of fused-ring (bicyclic) bond motifs is 1. The molecule has 0 spiro atoms. The van der Waals surface area contributed by atoms with Gasteiger partial charge in [-0.2, -0.15) is 0 Å². The number of nitrogens with zero attached hydrogens (tertiary/aromatic N) is 1. The van der Waals surface area contributed by atoms with E-state index in [-0.39, 0.29) is 31.0 Å². The smallest absolute Gasteiger partial charge is 0.141 e. The van der Waals surface area contributed by atoms with Crippen LogP contribution in [-0.2, 0) is 19.5 Å². The molecule has 0 aromatic heterocycles. The molecule has 0 fully saturated rings. The first kappa shape index (κ1) is 16.5. The second kappa shape index (κ2) is 6.91. The zero-order valence-corrected chi connectivity index (χ0v) is 15.4. The van der Waals surface area contributed by atoms with Crippen LogP contribution in [0.25, 0.3) is 10.8 Å². The van der Waals surface area contributed by atoms with Crippen molar-refractivity contribution in [3.05, 3.63) is 65.2 Å². The average Bonchev–Trinajstić information content (AvgIpc) is 2.48. The van der Waals surface area contributed by atoms with E-state index in [1.165, 1.54) is 12.3 Å². The number of halogens is 1. The average molecular weight is 363 g/mol. The van der Waals surface area contributed by atoms with Crippen molar-refractivity contribution < 1.29 is 29.7 Å². The summed E-state index contributed by atoms with van der Waals surface area (Å²) in [5, 5.41) is 22.1. The zero-order chi connectivity index (χ0) is 14.8. The number of benzene rings is 3. The van der Waals surface area contributed by atoms with E-state index >= 15 is 0 Å². The maximum absolute atomic E-state index is 10.0. The normalized spacial score (nSPS) is 10.8. The number of phenolic OH excluding ortho intramolecular Hbond substituents is 2. The molecule has 0 aliphatic carbocycles. The second-order valence-electron chi connectivity index (χ2n) is 4.62. The second-order valence-corrected chi connectivity index (χ2v) is 5.05. The van der Waals surface area contributed by atoms with Gasteiger partial charge in [0.25, 0.3) is 0 Å². The number of hydrogen-bond donors (Lipinski definition) is 2. The summed E-state index contributed by atoms with van der Waals surface area (Å²) in [5.74, 6) is 0.143. The van der Waals surface area contributed by atoms with Crippen LogP contribution >= 0.6 is 11.6 Å². The van der Waals surface area contributed by atoms with Gasteiger partial charge in [0.1, 0.15) is 17.2 Å². The Bertz CT molecular complexity index is 849. The van der Waals surface area contributed by atoms with Crippen LogP contribution in [0.4, 0.5) is 5.69 Å². The summed E-state index contributed by atoms with van der Waals surface area (Å²) in [4.78, 5) is 4.32. The topological polar surface area (TPSA) is 52.8 Å². The van der Waals surface area contributed by atoms with Crippen molar-refractivity contribution >= 4 is 34.3 Å². The summed E-state index contributed by atoms with van der Waals surface area (Å²) in [6.45, 7) is 0. The number of aliphatic imine (C=N–C) groups is 1. The Hall–Kier alpha value is -1.90. The molecule has 3 rings (SSSR count). The van der Waals surface area contributed by atoms with Crippen LogP contribution in [-0.4, -0.2) is 16.4 Å². The Balaban J connectivity index is 0.00000176. The van der Waals surface area contributed by atoms with Crippen LogP contribution in [0.1, 0.15) is 5.56 Å². The molecule has 0 amide bonds. The summed E-state index contributed by atoms with van der Waals surface area (Å²) in [7, 11) is 0. The summed E-state index contributed by atoms with van der Waals surface area (Å²) in [5.41, 5.74) is 1.01. The third-order valence-electron chi connectivity index (χ3n) is 3.20. The minimum atomic E-state index is 0. The monoisotopic (exact) mass is 361 g/mol. The standard InChI is InChI=1S/C17H12ClNO2.Zn/c18-13-7-5-12(16(21)9-13)10-19-17-14-4-2-1-3-11(14)6-8-15(17)20;/h1-10,20-21H;. The van der Waals surface area contributed by atoms with Crippen molar-refractivity contribution in [1.82, 2.24) is 0 Å².